The first-order valence-corrected chi connectivity index (χ1v) is 4.80. The summed E-state index contributed by atoms with van der Waals surface area (Å²) in [5.41, 5.74) is 0.199. The molecular formula is C10H17N3O. The summed E-state index contributed by atoms with van der Waals surface area (Å²) < 4.78 is 0. The van der Waals surface area contributed by atoms with Crippen LogP contribution in [0.1, 0.15) is 26.0 Å². The standard InChI is InChI=1S/C10H17N3O/c1-4-10(3,14)7-11-9-6-5-8(2)12-13-9/h5-6,14H,4,7H2,1-3H3,(H,11,13). The van der Waals surface area contributed by atoms with Gasteiger partial charge in [-0.25, -0.2) is 0 Å². The van der Waals surface area contributed by atoms with Crippen molar-refractivity contribution in [2.24, 2.45) is 0 Å². The predicted molar refractivity (Wildman–Crippen MR) is 56.2 cm³/mol. The Morgan fingerprint density at radius 2 is 2.14 bits per heavy atom. The van der Waals surface area contributed by atoms with Crippen molar-refractivity contribution in [1.82, 2.24) is 10.2 Å². The fraction of sp³-hybridized carbons (Fsp3) is 0.600. The van der Waals surface area contributed by atoms with Gasteiger partial charge in [-0.15, -0.1) is 5.10 Å². The second-order valence-electron chi connectivity index (χ2n) is 3.76. The number of nitrogens with one attached hydrogen (secondary N) is 1. The van der Waals surface area contributed by atoms with E-state index >= 15 is 0 Å². The second kappa shape index (κ2) is 4.37. The van der Waals surface area contributed by atoms with Crippen molar-refractivity contribution in [3.8, 4) is 0 Å². The minimum atomic E-state index is -0.688. The first-order chi connectivity index (χ1) is 6.53. The monoisotopic (exact) mass is 195 g/mol. The number of aryl methyl sites for hydroxylation is 1. The number of aliphatic hydroxyl groups is 1. The Bertz CT molecular complexity index is 282. The van der Waals surface area contributed by atoms with Crippen molar-refractivity contribution in [3.63, 3.8) is 0 Å². The summed E-state index contributed by atoms with van der Waals surface area (Å²) in [5.74, 6) is 0.698. The molecule has 2 N–H and O–H groups in total. The topological polar surface area (TPSA) is 58.0 Å². The molecular weight excluding hydrogens is 178 g/mol. The highest BCUT2D eigenvalue weighted by molar-refractivity contribution is 5.33. The SMILES string of the molecule is CCC(C)(O)CNc1ccc(C)nn1. The fourth-order valence-electron chi connectivity index (χ4n) is 0.899. The first-order valence-electron chi connectivity index (χ1n) is 4.80. The molecule has 0 bridgehead atoms. The van der Waals surface area contributed by atoms with Crippen LogP contribution in [0, 0.1) is 6.92 Å². The maximum absolute atomic E-state index is 9.73. The Labute approximate surface area is 84.4 Å². The van der Waals surface area contributed by atoms with Crippen LogP contribution in [0.4, 0.5) is 5.82 Å². The maximum Gasteiger partial charge on any atom is 0.148 e. The van der Waals surface area contributed by atoms with E-state index in [-0.39, 0.29) is 0 Å². The highest BCUT2D eigenvalue weighted by Gasteiger charge is 2.16. The van der Waals surface area contributed by atoms with E-state index in [4.69, 9.17) is 0 Å². The van der Waals surface area contributed by atoms with Crippen molar-refractivity contribution in [3.05, 3.63) is 17.8 Å². The highest BCUT2D eigenvalue weighted by Crippen LogP contribution is 2.09. The van der Waals surface area contributed by atoms with Gasteiger partial charge in [-0.1, -0.05) is 6.92 Å². The molecule has 0 amide bonds. The van der Waals surface area contributed by atoms with Gasteiger partial charge in [0.05, 0.1) is 11.3 Å². The Kier molecular flexibility index (Phi) is 3.41. The lowest BCUT2D eigenvalue weighted by molar-refractivity contribution is 0.0696. The van der Waals surface area contributed by atoms with E-state index in [1.54, 1.807) is 6.92 Å². The Balaban J connectivity index is 2.50. The third-order valence-corrected chi connectivity index (χ3v) is 2.21. The molecule has 0 aliphatic rings. The predicted octanol–water partition coefficient (Wildman–Crippen LogP) is 1.36. The van der Waals surface area contributed by atoms with Crippen LogP contribution in [0.2, 0.25) is 0 Å². The number of hydrogen-bond acceptors (Lipinski definition) is 4. The molecule has 0 aliphatic heterocycles. The largest absolute Gasteiger partial charge is 0.388 e. The zero-order chi connectivity index (χ0) is 10.6. The maximum atomic E-state index is 9.73. The van der Waals surface area contributed by atoms with E-state index < -0.39 is 5.60 Å². The summed E-state index contributed by atoms with van der Waals surface area (Å²) in [4.78, 5) is 0. The van der Waals surface area contributed by atoms with Crippen LogP contribution in [0.5, 0.6) is 0 Å². The van der Waals surface area contributed by atoms with Gasteiger partial charge in [0.1, 0.15) is 5.82 Å². The van der Waals surface area contributed by atoms with Crippen LogP contribution in [0.3, 0.4) is 0 Å². The van der Waals surface area contributed by atoms with Crippen LogP contribution in [0.15, 0.2) is 12.1 Å². The smallest absolute Gasteiger partial charge is 0.148 e. The lowest BCUT2D eigenvalue weighted by atomic mass is 10.0. The van der Waals surface area contributed by atoms with Crippen molar-refractivity contribution in [1.29, 1.82) is 0 Å². The van der Waals surface area contributed by atoms with Crippen molar-refractivity contribution >= 4 is 5.82 Å². The van der Waals surface area contributed by atoms with Crippen LogP contribution in [0.25, 0.3) is 0 Å². The molecule has 0 saturated carbocycles. The Morgan fingerprint density at radius 3 is 2.64 bits per heavy atom. The summed E-state index contributed by atoms with van der Waals surface area (Å²) in [6.07, 6.45) is 0.708. The van der Waals surface area contributed by atoms with Gasteiger partial charge in [-0.3, -0.25) is 0 Å². The minimum Gasteiger partial charge on any atom is -0.388 e. The zero-order valence-corrected chi connectivity index (χ0v) is 8.91. The van der Waals surface area contributed by atoms with Gasteiger partial charge in [-0.2, -0.15) is 5.10 Å². The van der Waals surface area contributed by atoms with Crippen LogP contribution in [-0.4, -0.2) is 27.4 Å². The molecule has 1 aromatic heterocycles. The van der Waals surface area contributed by atoms with Gasteiger partial charge < -0.3 is 10.4 Å². The Morgan fingerprint density at radius 1 is 1.43 bits per heavy atom. The van der Waals surface area contributed by atoms with E-state index in [1.165, 1.54) is 0 Å². The molecule has 4 nitrogen and oxygen atoms in total. The zero-order valence-electron chi connectivity index (χ0n) is 8.91. The summed E-state index contributed by atoms with van der Waals surface area (Å²) in [7, 11) is 0. The molecule has 1 heterocycles. The van der Waals surface area contributed by atoms with E-state index in [0.29, 0.717) is 18.8 Å². The highest BCUT2D eigenvalue weighted by atomic mass is 16.3. The molecule has 1 rings (SSSR count). The van der Waals surface area contributed by atoms with E-state index in [0.717, 1.165) is 5.69 Å². The fourth-order valence-corrected chi connectivity index (χ4v) is 0.899. The quantitative estimate of drug-likeness (QED) is 0.761. The lowest BCUT2D eigenvalue weighted by Gasteiger charge is -2.21. The summed E-state index contributed by atoms with van der Waals surface area (Å²) in [5, 5.41) is 20.6. The molecule has 4 heteroatoms. The van der Waals surface area contributed by atoms with Crippen molar-refractivity contribution in [2.75, 3.05) is 11.9 Å². The molecule has 0 fully saturated rings. The minimum absolute atomic E-state index is 0.487. The molecule has 0 aliphatic carbocycles. The molecule has 0 spiro atoms. The van der Waals surface area contributed by atoms with Crippen LogP contribution < -0.4 is 5.32 Å². The second-order valence-corrected chi connectivity index (χ2v) is 3.76. The van der Waals surface area contributed by atoms with Gasteiger partial charge in [0.2, 0.25) is 0 Å². The lowest BCUT2D eigenvalue weighted by Crippen LogP contribution is -2.32. The number of nitrogens with zero attached hydrogens (tertiary/aromatic N) is 2. The van der Waals surface area contributed by atoms with Crippen molar-refractivity contribution < 1.29 is 5.11 Å². The molecule has 1 atom stereocenters. The number of hydrogen-bond donors (Lipinski definition) is 2. The van der Waals surface area contributed by atoms with Crippen molar-refractivity contribution in [2.45, 2.75) is 32.8 Å². The van der Waals surface area contributed by atoms with Gasteiger partial charge in [0.25, 0.3) is 0 Å². The van der Waals surface area contributed by atoms with E-state index in [9.17, 15) is 5.11 Å². The summed E-state index contributed by atoms with van der Waals surface area (Å²) >= 11 is 0. The van der Waals surface area contributed by atoms with E-state index in [1.807, 2.05) is 26.0 Å². The molecule has 1 aromatic rings. The number of rotatable bonds is 4. The van der Waals surface area contributed by atoms with E-state index in [2.05, 4.69) is 15.5 Å². The van der Waals surface area contributed by atoms with Crippen LogP contribution in [-0.2, 0) is 0 Å². The third kappa shape index (κ3) is 3.30. The van der Waals surface area contributed by atoms with Gasteiger partial charge in [0.15, 0.2) is 0 Å². The molecule has 78 valence electrons. The molecule has 0 aromatic carbocycles. The molecule has 0 saturated heterocycles. The average Bonchev–Trinajstić information content (AvgIpc) is 2.17. The number of aromatic nitrogens is 2. The first kappa shape index (κ1) is 10.9. The molecule has 1 unspecified atom stereocenters. The Hall–Kier alpha value is -1.16. The summed E-state index contributed by atoms with van der Waals surface area (Å²) in [6.45, 7) is 6.12. The molecule has 0 radical (unpaired) electrons. The number of anilines is 1. The van der Waals surface area contributed by atoms with Crippen LogP contribution >= 0.6 is 0 Å². The van der Waals surface area contributed by atoms with Gasteiger partial charge in [0, 0.05) is 6.54 Å². The molecule has 14 heavy (non-hydrogen) atoms. The average molecular weight is 195 g/mol. The van der Waals surface area contributed by atoms with Gasteiger partial charge in [-0.05, 0) is 32.4 Å². The third-order valence-electron chi connectivity index (χ3n) is 2.21. The normalized spacial score (nSPS) is 14.9. The van der Waals surface area contributed by atoms with Gasteiger partial charge >= 0.3 is 0 Å². The summed E-state index contributed by atoms with van der Waals surface area (Å²) in [6, 6.07) is 3.74.